The van der Waals surface area contributed by atoms with E-state index in [0.717, 1.165) is 6.07 Å². The second kappa shape index (κ2) is 7.87. The quantitative estimate of drug-likeness (QED) is 0.239. The molecular weight excluding hydrogens is 482 g/mol. The summed E-state index contributed by atoms with van der Waals surface area (Å²) in [4.78, 5) is 0. The highest BCUT2D eigenvalue weighted by molar-refractivity contribution is 7.87. The third kappa shape index (κ3) is 3.65. The van der Waals surface area contributed by atoms with Crippen molar-refractivity contribution in [2.45, 2.75) is 4.75 Å². The zero-order valence-electron chi connectivity index (χ0n) is 14.3. The number of para-hydroxylation sites is 1. The molecule has 0 saturated carbocycles. The fraction of sp³-hybridized carbons (Fsp3) is 0.0526. The Hall–Kier alpha value is -1.67. The standard InChI is InChI=1S/C19H12Cl4O5S/c20-11-4-1-3-10(7-11)19(29(26,27)28,13-5-2-6-16(24)18(13)25)17-14(22)8-12(21)9-15(17)23/h1-9,24-25H,(H,26,27,28). The molecule has 0 aliphatic carbocycles. The van der Waals surface area contributed by atoms with Crippen molar-refractivity contribution >= 4 is 56.5 Å². The summed E-state index contributed by atoms with van der Waals surface area (Å²) in [6, 6.07) is 11.7. The molecule has 1 unspecified atom stereocenters. The van der Waals surface area contributed by atoms with Crippen molar-refractivity contribution in [1.29, 1.82) is 0 Å². The second-order valence-electron chi connectivity index (χ2n) is 6.08. The molecule has 0 spiro atoms. The van der Waals surface area contributed by atoms with Gasteiger partial charge in [-0.05, 0) is 35.9 Å². The predicted molar refractivity (Wildman–Crippen MR) is 114 cm³/mol. The van der Waals surface area contributed by atoms with E-state index in [4.69, 9.17) is 46.4 Å². The Labute approximate surface area is 186 Å². The number of rotatable bonds is 4. The maximum absolute atomic E-state index is 13.0. The first kappa shape index (κ1) is 22.0. The lowest BCUT2D eigenvalue weighted by atomic mass is 9.83. The van der Waals surface area contributed by atoms with Gasteiger partial charge in [-0.3, -0.25) is 4.55 Å². The maximum atomic E-state index is 13.0. The van der Waals surface area contributed by atoms with Crippen molar-refractivity contribution < 1.29 is 23.2 Å². The Morgan fingerprint density at radius 3 is 1.93 bits per heavy atom. The van der Waals surface area contributed by atoms with Gasteiger partial charge in [0.05, 0.1) is 0 Å². The molecule has 0 aliphatic heterocycles. The SMILES string of the molecule is O=S(=O)(O)C(c1cccc(Cl)c1)(c1cccc(O)c1O)c1c(Cl)cc(Cl)cc1Cl. The summed E-state index contributed by atoms with van der Waals surface area (Å²) < 4.78 is 33.9. The second-order valence-corrected chi connectivity index (χ2v) is 9.33. The maximum Gasteiger partial charge on any atom is 0.283 e. The van der Waals surface area contributed by atoms with Crippen LogP contribution in [0.5, 0.6) is 11.5 Å². The van der Waals surface area contributed by atoms with Crippen molar-refractivity contribution in [3.63, 3.8) is 0 Å². The summed E-state index contributed by atoms with van der Waals surface area (Å²) in [5, 5.41) is 20.5. The highest BCUT2D eigenvalue weighted by Gasteiger charge is 2.52. The monoisotopic (exact) mass is 492 g/mol. The molecular formula is C19H12Cl4O5S. The molecule has 3 N–H and O–H groups in total. The first-order valence-corrected chi connectivity index (χ1v) is 10.8. The third-order valence-corrected chi connectivity index (χ3v) is 6.85. The minimum absolute atomic E-state index is 0.0699. The third-order valence-electron chi connectivity index (χ3n) is 4.37. The smallest absolute Gasteiger partial charge is 0.283 e. The molecule has 0 aromatic heterocycles. The van der Waals surface area contributed by atoms with Gasteiger partial charge in [-0.1, -0.05) is 70.7 Å². The van der Waals surface area contributed by atoms with Crippen LogP contribution >= 0.6 is 46.4 Å². The lowest BCUT2D eigenvalue weighted by molar-refractivity contribution is 0.393. The lowest BCUT2D eigenvalue weighted by Crippen LogP contribution is -2.39. The topological polar surface area (TPSA) is 94.8 Å². The summed E-state index contributed by atoms with van der Waals surface area (Å²) >= 11 is 24.7. The zero-order valence-corrected chi connectivity index (χ0v) is 18.1. The lowest BCUT2D eigenvalue weighted by Gasteiger charge is -2.34. The van der Waals surface area contributed by atoms with Crippen LogP contribution in [-0.2, 0) is 14.9 Å². The Bertz CT molecular complexity index is 1190. The number of phenolic OH excluding ortho intramolecular Hbond substituents is 2. The fourth-order valence-corrected chi connectivity index (χ4v) is 6.00. The molecule has 152 valence electrons. The van der Waals surface area contributed by atoms with Gasteiger partial charge in [-0.25, -0.2) is 0 Å². The molecule has 3 aromatic carbocycles. The van der Waals surface area contributed by atoms with Gasteiger partial charge in [0.1, 0.15) is 0 Å². The van der Waals surface area contributed by atoms with Crippen molar-refractivity contribution in [3.8, 4) is 11.5 Å². The summed E-state index contributed by atoms with van der Waals surface area (Å²) in [5.74, 6) is -1.40. The van der Waals surface area contributed by atoms with E-state index in [0.29, 0.717) is 0 Å². The largest absolute Gasteiger partial charge is 0.504 e. The molecule has 0 saturated heterocycles. The number of hydrogen-bond donors (Lipinski definition) is 3. The van der Waals surface area contributed by atoms with Crippen molar-refractivity contribution in [1.82, 2.24) is 0 Å². The van der Waals surface area contributed by atoms with E-state index in [1.165, 1.54) is 48.5 Å². The normalized spacial score (nSPS) is 13.8. The molecule has 0 bridgehead atoms. The minimum Gasteiger partial charge on any atom is -0.504 e. The van der Waals surface area contributed by atoms with Gasteiger partial charge in [-0.2, -0.15) is 8.42 Å². The number of hydrogen-bond acceptors (Lipinski definition) is 4. The molecule has 0 radical (unpaired) electrons. The van der Waals surface area contributed by atoms with Crippen LogP contribution in [-0.4, -0.2) is 23.2 Å². The number of halogens is 4. The molecule has 0 amide bonds. The van der Waals surface area contributed by atoms with Crippen LogP contribution in [0.2, 0.25) is 20.1 Å². The van der Waals surface area contributed by atoms with Gasteiger partial charge in [0.2, 0.25) is 0 Å². The molecule has 0 heterocycles. The number of benzene rings is 3. The van der Waals surface area contributed by atoms with E-state index in [1.807, 2.05) is 0 Å². The Kier molecular flexibility index (Phi) is 5.98. The van der Waals surface area contributed by atoms with Crippen LogP contribution in [0.1, 0.15) is 16.7 Å². The molecule has 10 heteroatoms. The van der Waals surface area contributed by atoms with E-state index in [1.54, 1.807) is 0 Å². The molecule has 0 fully saturated rings. The van der Waals surface area contributed by atoms with E-state index in [-0.39, 0.29) is 36.8 Å². The van der Waals surface area contributed by atoms with Crippen molar-refractivity contribution in [2.75, 3.05) is 0 Å². The summed E-state index contributed by atoms with van der Waals surface area (Å²) in [6.07, 6.45) is 0. The first-order chi connectivity index (χ1) is 13.5. The average molecular weight is 494 g/mol. The van der Waals surface area contributed by atoms with Crippen molar-refractivity contribution in [2.24, 2.45) is 0 Å². The zero-order chi connectivity index (χ0) is 21.6. The minimum atomic E-state index is -5.14. The van der Waals surface area contributed by atoms with Gasteiger partial charge in [0.15, 0.2) is 16.2 Å². The van der Waals surface area contributed by atoms with E-state index in [2.05, 4.69) is 0 Å². The van der Waals surface area contributed by atoms with Gasteiger partial charge in [-0.15, -0.1) is 0 Å². The molecule has 1 atom stereocenters. The van der Waals surface area contributed by atoms with Crippen LogP contribution in [0.4, 0.5) is 0 Å². The van der Waals surface area contributed by atoms with Crippen LogP contribution in [0.3, 0.4) is 0 Å². The fourth-order valence-electron chi connectivity index (χ4n) is 3.25. The van der Waals surface area contributed by atoms with Crippen molar-refractivity contribution in [3.05, 3.63) is 91.4 Å². The Morgan fingerprint density at radius 2 is 1.38 bits per heavy atom. The summed E-state index contributed by atoms with van der Waals surface area (Å²) in [5.41, 5.74) is -0.719. The Balaban J connectivity index is 2.66. The van der Waals surface area contributed by atoms with Crippen LogP contribution in [0, 0.1) is 0 Å². The number of aromatic hydroxyl groups is 2. The van der Waals surface area contributed by atoms with E-state index in [9.17, 15) is 23.2 Å². The highest BCUT2D eigenvalue weighted by Crippen LogP contribution is 2.53. The van der Waals surface area contributed by atoms with Gasteiger partial charge in [0.25, 0.3) is 10.1 Å². The predicted octanol–water partition coefficient (Wildman–Crippen LogP) is 5.89. The van der Waals surface area contributed by atoms with Crippen LogP contribution in [0.15, 0.2) is 54.6 Å². The van der Waals surface area contributed by atoms with Gasteiger partial charge >= 0.3 is 0 Å². The Morgan fingerprint density at radius 1 is 0.793 bits per heavy atom. The molecule has 29 heavy (non-hydrogen) atoms. The van der Waals surface area contributed by atoms with E-state index < -0.39 is 26.4 Å². The van der Waals surface area contributed by atoms with Crippen LogP contribution < -0.4 is 0 Å². The van der Waals surface area contributed by atoms with Crippen LogP contribution in [0.25, 0.3) is 0 Å². The van der Waals surface area contributed by atoms with Gasteiger partial charge < -0.3 is 10.2 Å². The summed E-state index contributed by atoms with van der Waals surface area (Å²) in [6.45, 7) is 0. The molecule has 5 nitrogen and oxygen atoms in total. The first-order valence-electron chi connectivity index (χ1n) is 7.89. The van der Waals surface area contributed by atoms with Gasteiger partial charge in [0, 0.05) is 31.2 Å². The highest BCUT2D eigenvalue weighted by atomic mass is 35.5. The van der Waals surface area contributed by atoms with E-state index >= 15 is 0 Å². The molecule has 3 aromatic rings. The summed E-state index contributed by atoms with van der Waals surface area (Å²) in [7, 11) is -5.14. The number of phenols is 2. The molecule has 0 aliphatic rings. The average Bonchev–Trinajstić information content (AvgIpc) is 2.59. The molecule has 3 rings (SSSR count).